The second kappa shape index (κ2) is 5.54. The van der Waals surface area contributed by atoms with Crippen LogP contribution in [0.1, 0.15) is 25.1 Å². The summed E-state index contributed by atoms with van der Waals surface area (Å²) in [5.74, 6) is 0.949. The second-order valence-electron chi connectivity index (χ2n) is 5.42. The molecule has 6 heteroatoms. The van der Waals surface area contributed by atoms with Gasteiger partial charge in [0.15, 0.2) is 5.82 Å². The molecule has 3 heterocycles. The van der Waals surface area contributed by atoms with Crippen LogP contribution in [-0.4, -0.2) is 37.8 Å². The van der Waals surface area contributed by atoms with Gasteiger partial charge in [-0.05, 0) is 25.9 Å². The average Bonchev–Trinajstić information content (AvgIpc) is 3.11. The van der Waals surface area contributed by atoms with Crippen LogP contribution in [0.2, 0.25) is 0 Å². The summed E-state index contributed by atoms with van der Waals surface area (Å²) in [6.07, 6.45) is 3.92. The molecule has 108 valence electrons. The van der Waals surface area contributed by atoms with Gasteiger partial charge in [-0.1, -0.05) is 48.1 Å². The van der Waals surface area contributed by atoms with Crippen molar-refractivity contribution in [2.75, 3.05) is 13.1 Å². The minimum Gasteiger partial charge on any atom is -0.296 e. The first-order valence-electron chi connectivity index (χ1n) is 7.39. The predicted octanol–water partition coefficient (Wildman–Crippen LogP) is 2.84. The lowest BCUT2D eigenvalue weighted by Crippen LogP contribution is -2.30. The Hall–Kier alpha value is -1.79. The van der Waals surface area contributed by atoms with Crippen LogP contribution in [-0.2, 0) is 6.54 Å². The van der Waals surface area contributed by atoms with Crippen LogP contribution in [0.25, 0.3) is 15.5 Å². The molecular formula is C15H17N5S. The van der Waals surface area contributed by atoms with E-state index in [9.17, 15) is 0 Å². The first-order chi connectivity index (χ1) is 10.4. The molecule has 0 unspecified atom stereocenters. The van der Waals surface area contributed by atoms with Gasteiger partial charge in [0.1, 0.15) is 5.01 Å². The van der Waals surface area contributed by atoms with Crippen LogP contribution in [0.5, 0.6) is 0 Å². The monoisotopic (exact) mass is 299 g/mol. The molecule has 2 aromatic heterocycles. The standard InChI is InChI=1S/C15H17N5S/c1-3-7-12(8-4-1)14-18-20-13(16-17-15(20)21-14)11-19-9-5-2-6-10-19/h1,3-4,7-8H,2,5-6,9-11H2. The zero-order valence-corrected chi connectivity index (χ0v) is 12.6. The third kappa shape index (κ3) is 2.56. The molecule has 3 aromatic rings. The van der Waals surface area contributed by atoms with Gasteiger partial charge in [-0.2, -0.15) is 9.61 Å². The van der Waals surface area contributed by atoms with Crippen molar-refractivity contribution in [2.45, 2.75) is 25.8 Å². The Morgan fingerprint density at radius 3 is 2.62 bits per heavy atom. The molecule has 0 N–H and O–H groups in total. The summed E-state index contributed by atoms with van der Waals surface area (Å²) < 4.78 is 1.90. The van der Waals surface area contributed by atoms with Crippen molar-refractivity contribution < 1.29 is 0 Å². The highest BCUT2D eigenvalue weighted by Crippen LogP contribution is 2.25. The Morgan fingerprint density at radius 1 is 1.00 bits per heavy atom. The summed E-state index contributed by atoms with van der Waals surface area (Å²) in [6, 6.07) is 10.2. The van der Waals surface area contributed by atoms with E-state index in [1.807, 2.05) is 22.7 Å². The molecule has 0 saturated carbocycles. The Morgan fingerprint density at radius 2 is 1.81 bits per heavy atom. The van der Waals surface area contributed by atoms with Crippen molar-refractivity contribution in [3.05, 3.63) is 36.2 Å². The number of likely N-dealkylation sites (tertiary alicyclic amines) is 1. The van der Waals surface area contributed by atoms with Crippen LogP contribution in [0.4, 0.5) is 0 Å². The molecule has 1 aliphatic heterocycles. The fourth-order valence-electron chi connectivity index (χ4n) is 2.77. The molecule has 1 aromatic carbocycles. The molecule has 21 heavy (non-hydrogen) atoms. The van der Waals surface area contributed by atoms with Gasteiger partial charge < -0.3 is 0 Å². The highest BCUT2D eigenvalue weighted by molar-refractivity contribution is 7.19. The minimum atomic E-state index is 0.846. The van der Waals surface area contributed by atoms with Crippen LogP contribution in [0, 0.1) is 0 Å². The Bertz CT molecular complexity index is 727. The first-order valence-corrected chi connectivity index (χ1v) is 8.21. The molecule has 0 bridgehead atoms. The van der Waals surface area contributed by atoms with E-state index in [1.165, 1.54) is 19.3 Å². The number of hydrogen-bond donors (Lipinski definition) is 0. The van der Waals surface area contributed by atoms with Crippen molar-refractivity contribution in [3.63, 3.8) is 0 Å². The van der Waals surface area contributed by atoms with E-state index in [1.54, 1.807) is 11.3 Å². The third-order valence-corrected chi connectivity index (χ3v) is 4.84. The maximum absolute atomic E-state index is 4.69. The Balaban J connectivity index is 1.63. The molecule has 0 atom stereocenters. The Kier molecular flexibility index (Phi) is 3.40. The lowest BCUT2D eigenvalue weighted by atomic mass is 10.1. The van der Waals surface area contributed by atoms with Crippen LogP contribution in [0.3, 0.4) is 0 Å². The number of hydrogen-bond acceptors (Lipinski definition) is 5. The summed E-state index contributed by atoms with van der Waals surface area (Å²) in [7, 11) is 0. The van der Waals surface area contributed by atoms with E-state index < -0.39 is 0 Å². The summed E-state index contributed by atoms with van der Waals surface area (Å²) >= 11 is 1.59. The molecule has 5 nitrogen and oxygen atoms in total. The van der Waals surface area contributed by atoms with Crippen LogP contribution in [0.15, 0.2) is 30.3 Å². The SMILES string of the molecule is c1ccc(-c2nn3c(CN4CCCCC4)nnc3s2)cc1. The lowest BCUT2D eigenvalue weighted by Gasteiger charge is -2.25. The summed E-state index contributed by atoms with van der Waals surface area (Å²) in [4.78, 5) is 3.32. The van der Waals surface area contributed by atoms with E-state index >= 15 is 0 Å². The van der Waals surface area contributed by atoms with Gasteiger partial charge in [0.25, 0.3) is 0 Å². The van der Waals surface area contributed by atoms with Gasteiger partial charge in [0.05, 0.1) is 6.54 Å². The highest BCUT2D eigenvalue weighted by Gasteiger charge is 2.17. The molecule has 0 radical (unpaired) electrons. The Labute approximate surface area is 127 Å². The fourth-order valence-corrected chi connectivity index (χ4v) is 3.63. The quantitative estimate of drug-likeness (QED) is 0.746. The van der Waals surface area contributed by atoms with Gasteiger partial charge >= 0.3 is 0 Å². The van der Waals surface area contributed by atoms with Gasteiger partial charge in [0.2, 0.25) is 4.96 Å². The number of benzene rings is 1. The van der Waals surface area contributed by atoms with Crippen LogP contribution < -0.4 is 0 Å². The lowest BCUT2D eigenvalue weighted by molar-refractivity contribution is 0.214. The number of aromatic nitrogens is 4. The van der Waals surface area contributed by atoms with Crippen molar-refractivity contribution in [3.8, 4) is 10.6 Å². The second-order valence-corrected chi connectivity index (χ2v) is 6.38. The number of rotatable bonds is 3. The van der Waals surface area contributed by atoms with E-state index in [0.717, 1.165) is 41.0 Å². The van der Waals surface area contributed by atoms with Crippen molar-refractivity contribution in [1.82, 2.24) is 24.7 Å². The van der Waals surface area contributed by atoms with E-state index in [0.29, 0.717) is 0 Å². The number of fused-ring (bicyclic) bond motifs is 1. The van der Waals surface area contributed by atoms with Gasteiger partial charge in [0, 0.05) is 5.56 Å². The van der Waals surface area contributed by atoms with E-state index in [-0.39, 0.29) is 0 Å². The third-order valence-electron chi connectivity index (χ3n) is 3.89. The molecule has 1 aliphatic rings. The molecule has 4 rings (SSSR count). The smallest absolute Gasteiger partial charge is 0.235 e. The molecule has 1 saturated heterocycles. The predicted molar refractivity (Wildman–Crippen MR) is 83.2 cm³/mol. The van der Waals surface area contributed by atoms with Gasteiger partial charge in [-0.3, -0.25) is 4.90 Å². The highest BCUT2D eigenvalue weighted by atomic mass is 32.1. The van der Waals surface area contributed by atoms with Crippen molar-refractivity contribution in [2.24, 2.45) is 0 Å². The maximum Gasteiger partial charge on any atom is 0.235 e. The molecule has 0 aliphatic carbocycles. The van der Waals surface area contributed by atoms with Crippen molar-refractivity contribution in [1.29, 1.82) is 0 Å². The number of nitrogens with zero attached hydrogens (tertiary/aromatic N) is 5. The maximum atomic E-state index is 4.69. The topological polar surface area (TPSA) is 46.3 Å². The first kappa shape index (κ1) is 12.9. The summed E-state index contributed by atoms with van der Waals surface area (Å²) in [5, 5.41) is 14.3. The molecule has 0 amide bonds. The molecular weight excluding hydrogens is 282 g/mol. The van der Waals surface area contributed by atoms with Gasteiger partial charge in [-0.25, -0.2) is 0 Å². The average molecular weight is 299 g/mol. The summed E-state index contributed by atoms with van der Waals surface area (Å²) in [6.45, 7) is 3.16. The normalized spacial score (nSPS) is 16.6. The summed E-state index contributed by atoms with van der Waals surface area (Å²) in [5.41, 5.74) is 1.14. The van der Waals surface area contributed by atoms with E-state index in [2.05, 4.69) is 27.2 Å². The minimum absolute atomic E-state index is 0.846. The number of piperidine rings is 1. The van der Waals surface area contributed by atoms with Crippen LogP contribution >= 0.6 is 11.3 Å². The van der Waals surface area contributed by atoms with Crippen molar-refractivity contribution >= 4 is 16.3 Å². The molecule has 0 spiro atoms. The zero-order valence-electron chi connectivity index (χ0n) is 11.8. The van der Waals surface area contributed by atoms with Gasteiger partial charge in [-0.15, -0.1) is 10.2 Å². The zero-order chi connectivity index (χ0) is 14.1. The largest absolute Gasteiger partial charge is 0.296 e. The fraction of sp³-hybridized carbons (Fsp3) is 0.400. The van der Waals surface area contributed by atoms with E-state index in [4.69, 9.17) is 5.10 Å². The molecule has 1 fully saturated rings.